The summed E-state index contributed by atoms with van der Waals surface area (Å²) in [6, 6.07) is -1.30. The van der Waals surface area contributed by atoms with Crippen molar-refractivity contribution < 1.29 is 38.7 Å². The first kappa shape index (κ1) is 24.9. The Bertz CT molecular complexity index is 760. The van der Waals surface area contributed by atoms with Gasteiger partial charge in [-0.2, -0.15) is 0 Å². The summed E-state index contributed by atoms with van der Waals surface area (Å²) in [6.45, 7) is 7.23. The molecule has 7 atom stereocenters. The lowest BCUT2D eigenvalue weighted by Crippen LogP contribution is -2.59. The van der Waals surface area contributed by atoms with Crippen molar-refractivity contribution in [3.8, 4) is 0 Å². The Morgan fingerprint density at radius 1 is 1.41 bits per heavy atom. The lowest BCUT2D eigenvalue weighted by Gasteiger charge is -2.42. The number of epoxide rings is 2. The standard InChI is InChI=1S/C22H36N2O8/c1-12(10-25)6-7-14-21(4,32-14)16-15(29-5)13(8-9-22(16)11-30-22)31-19(27)24-17(18(23)26)20(2,3)28/h6,13-17,25,28H,7-11H2,1-5H3,(H2,23,26)(H,24,27)/b12-6+/t13-,14+,15-,16?,17+,21-,22?/m1/s1. The van der Waals surface area contributed by atoms with Gasteiger partial charge in [-0.05, 0) is 47.0 Å². The number of hydrogen-bond donors (Lipinski definition) is 4. The second kappa shape index (κ2) is 8.90. The Kier molecular flexibility index (Phi) is 6.93. The second-order valence-corrected chi connectivity index (χ2v) is 9.88. The molecule has 1 saturated carbocycles. The maximum Gasteiger partial charge on any atom is 0.408 e. The van der Waals surface area contributed by atoms with E-state index in [1.165, 1.54) is 13.8 Å². The van der Waals surface area contributed by atoms with Gasteiger partial charge in [-0.1, -0.05) is 11.6 Å². The maximum atomic E-state index is 12.6. The number of alkyl carbamates (subject to hydrolysis) is 1. The topological polar surface area (TPSA) is 156 Å². The molecule has 1 aliphatic carbocycles. The smallest absolute Gasteiger partial charge is 0.408 e. The summed E-state index contributed by atoms with van der Waals surface area (Å²) in [6.07, 6.45) is 1.83. The minimum atomic E-state index is -1.55. The van der Waals surface area contributed by atoms with E-state index in [0.29, 0.717) is 25.9 Å². The lowest BCUT2D eigenvalue weighted by molar-refractivity contribution is -0.127. The number of nitrogens with two attached hydrogens (primary N) is 1. The molecule has 5 N–H and O–H groups in total. The van der Waals surface area contributed by atoms with Crippen LogP contribution in [0.15, 0.2) is 11.6 Å². The SMILES string of the molecule is CO[C@H]1C([C@]2(C)O[C@H]2C/C=C(\C)CO)C2(CC[C@H]1OC(=O)N[C@@H](C(N)=O)C(C)(C)O)CO2. The van der Waals surface area contributed by atoms with Gasteiger partial charge in [-0.15, -0.1) is 0 Å². The van der Waals surface area contributed by atoms with Gasteiger partial charge in [-0.3, -0.25) is 4.79 Å². The average Bonchev–Trinajstić information content (AvgIpc) is 3.62. The summed E-state index contributed by atoms with van der Waals surface area (Å²) in [7, 11) is 1.56. The molecule has 3 aliphatic rings. The molecule has 182 valence electrons. The lowest BCUT2D eigenvalue weighted by atomic mass is 9.68. The van der Waals surface area contributed by atoms with Gasteiger partial charge in [0.15, 0.2) is 0 Å². The number of rotatable bonds is 9. The van der Waals surface area contributed by atoms with Crippen molar-refractivity contribution in [1.82, 2.24) is 5.32 Å². The normalized spacial score (nSPS) is 37.7. The summed E-state index contributed by atoms with van der Waals surface area (Å²) >= 11 is 0. The van der Waals surface area contributed by atoms with Gasteiger partial charge in [0.05, 0.1) is 30.8 Å². The molecular formula is C22H36N2O8. The van der Waals surface area contributed by atoms with Crippen LogP contribution in [0.2, 0.25) is 0 Å². The Morgan fingerprint density at radius 2 is 2.06 bits per heavy atom. The molecule has 32 heavy (non-hydrogen) atoms. The van der Waals surface area contributed by atoms with Crippen molar-refractivity contribution in [3.63, 3.8) is 0 Å². The van der Waals surface area contributed by atoms with Gasteiger partial charge in [-0.25, -0.2) is 4.79 Å². The highest BCUT2D eigenvalue weighted by Crippen LogP contribution is 2.59. The molecule has 0 bridgehead atoms. The molecule has 0 aromatic heterocycles. The van der Waals surface area contributed by atoms with Crippen LogP contribution in [-0.4, -0.2) is 83.7 Å². The zero-order valence-electron chi connectivity index (χ0n) is 19.4. The molecule has 2 amide bonds. The Labute approximate surface area is 188 Å². The Balaban J connectivity index is 1.72. The van der Waals surface area contributed by atoms with Crippen molar-refractivity contribution in [2.24, 2.45) is 11.7 Å². The molecule has 10 heteroatoms. The number of amides is 2. The zero-order valence-corrected chi connectivity index (χ0v) is 19.4. The molecular weight excluding hydrogens is 420 g/mol. The number of carbonyl (C=O) groups excluding carboxylic acids is 2. The minimum absolute atomic E-state index is 0.00256. The summed E-state index contributed by atoms with van der Waals surface area (Å²) in [5.41, 5.74) is 3.75. The van der Waals surface area contributed by atoms with E-state index in [9.17, 15) is 19.8 Å². The van der Waals surface area contributed by atoms with Crippen LogP contribution >= 0.6 is 0 Å². The van der Waals surface area contributed by atoms with E-state index in [-0.39, 0.29) is 24.2 Å². The molecule has 1 spiro atoms. The largest absolute Gasteiger partial charge is 0.443 e. The molecule has 2 unspecified atom stereocenters. The van der Waals surface area contributed by atoms with Crippen molar-refractivity contribution in [3.05, 3.63) is 11.6 Å². The summed E-state index contributed by atoms with van der Waals surface area (Å²) in [4.78, 5) is 24.2. The van der Waals surface area contributed by atoms with Crippen LogP contribution in [0.4, 0.5) is 4.79 Å². The molecule has 0 aromatic rings. The summed E-state index contributed by atoms with van der Waals surface area (Å²) in [5.74, 6) is -1.03. The fourth-order valence-corrected chi connectivity index (χ4v) is 4.99. The molecule has 0 radical (unpaired) electrons. The molecule has 2 saturated heterocycles. The Hall–Kier alpha value is -1.72. The highest BCUT2D eigenvalue weighted by atomic mass is 16.6. The van der Waals surface area contributed by atoms with Crippen LogP contribution in [0.25, 0.3) is 0 Å². The average molecular weight is 457 g/mol. The predicted octanol–water partition coefficient (Wildman–Crippen LogP) is 0.386. The van der Waals surface area contributed by atoms with E-state index in [1.54, 1.807) is 7.11 Å². The van der Waals surface area contributed by atoms with Crippen LogP contribution in [0, 0.1) is 5.92 Å². The third-order valence-corrected chi connectivity index (χ3v) is 6.94. The summed E-state index contributed by atoms with van der Waals surface area (Å²) in [5, 5.41) is 21.7. The van der Waals surface area contributed by atoms with Gasteiger partial charge in [0.2, 0.25) is 5.91 Å². The van der Waals surface area contributed by atoms with E-state index < -0.39 is 41.5 Å². The van der Waals surface area contributed by atoms with Crippen molar-refractivity contribution >= 4 is 12.0 Å². The van der Waals surface area contributed by atoms with Crippen LogP contribution in [0.1, 0.15) is 47.0 Å². The van der Waals surface area contributed by atoms with Gasteiger partial charge in [0, 0.05) is 7.11 Å². The van der Waals surface area contributed by atoms with Gasteiger partial charge < -0.3 is 40.2 Å². The van der Waals surface area contributed by atoms with E-state index in [2.05, 4.69) is 5.32 Å². The second-order valence-electron chi connectivity index (χ2n) is 9.88. The number of carbonyl (C=O) groups is 2. The maximum absolute atomic E-state index is 12.6. The van der Waals surface area contributed by atoms with E-state index in [1.807, 2.05) is 19.9 Å². The monoisotopic (exact) mass is 456 g/mol. The first-order chi connectivity index (χ1) is 14.9. The molecule has 2 aliphatic heterocycles. The number of primary amides is 1. The predicted molar refractivity (Wildman–Crippen MR) is 114 cm³/mol. The van der Waals surface area contributed by atoms with Crippen LogP contribution in [0.3, 0.4) is 0 Å². The fraction of sp³-hybridized carbons (Fsp3) is 0.818. The summed E-state index contributed by atoms with van der Waals surface area (Å²) < 4.78 is 23.4. The molecule has 3 rings (SSSR count). The number of hydrogen-bond acceptors (Lipinski definition) is 8. The number of nitrogens with one attached hydrogen (secondary N) is 1. The molecule has 2 heterocycles. The van der Waals surface area contributed by atoms with E-state index in [4.69, 9.17) is 24.7 Å². The Morgan fingerprint density at radius 3 is 2.56 bits per heavy atom. The van der Waals surface area contributed by atoms with Crippen LogP contribution in [0.5, 0.6) is 0 Å². The van der Waals surface area contributed by atoms with Crippen molar-refractivity contribution in [2.75, 3.05) is 20.3 Å². The van der Waals surface area contributed by atoms with Gasteiger partial charge >= 0.3 is 6.09 Å². The number of aliphatic hydroxyl groups excluding tert-OH is 1. The van der Waals surface area contributed by atoms with E-state index in [0.717, 1.165) is 5.57 Å². The zero-order chi connectivity index (χ0) is 23.9. The van der Waals surface area contributed by atoms with Crippen molar-refractivity contribution in [1.29, 1.82) is 0 Å². The number of aliphatic hydroxyl groups is 2. The van der Waals surface area contributed by atoms with E-state index >= 15 is 0 Å². The quantitative estimate of drug-likeness (QED) is 0.287. The highest BCUT2D eigenvalue weighted by Gasteiger charge is 2.72. The third-order valence-electron chi connectivity index (χ3n) is 6.94. The number of ether oxygens (including phenoxy) is 4. The molecule has 0 aromatic carbocycles. The van der Waals surface area contributed by atoms with Crippen LogP contribution < -0.4 is 11.1 Å². The first-order valence-electron chi connectivity index (χ1n) is 11.0. The van der Waals surface area contributed by atoms with Crippen molar-refractivity contribution in [2.45, 2.75) is 88.1 Å². The molecule has 10 nitrogen and oxygen atoms in total. The molecule has 3 fully saturated rings. The van der Waals surface area contributed by atoms with Gasteiger partial charge in [0.25, 0.3) is 0 Å². The minimum Gasteiger partial charge on any atom is -0.443 e. The van der Waals surface area contributed by atoms with Crippen LogP contribution in [-0.2, 0) is 23.7 Å². The first-order valence-corrected chi connectivity index (χ1v) is 11.0. The number of methoxy groups -OCH3 is 1. The third kappa shape index (κ3) is 4.94. The fourth-order valence-electron chi connectivity index (χ4n) is 4.99. The highest BCUT2D eigenvalue weighted by molar-refractivity contribution is 5.85. The van der Waals surface area contributed by atoms with Gasteiger partial charge in [0.1, 0.15) is 29.5 Å².